The topological polar surface area (TPSA) is 50.4 Å². The van der Waals surface area contributed by atoms with Crippen LogP contribution in [0.4, 0.5) is 11.4 Å². The van der Waals surface area contributed by atoms with Gasteiger partial charge in [-0.3, -0.25) is 0 Å². The lowest BCUT2D eigenvalue weighted by atomic mass is 9.96. The zero-order valence-electron chi connectivity index (χ0n) is 13.8. The molecule has 0 aromatic heterocycles. The van der Waals surface area contributed by atoms with Crippen LogP contribution >= 0.6 is 0 Å². The maximum Gasteiger partial charge on any atom is 0.338 e. The molecule has 0 atom stereocenters. The minimum absolute atomic E-state index is 0. The fourth-order valence-electron chi connectivity index (χ4n) is 3.04. The lowest BCUT2D eigenvalue weighted by molar-refractivity contribution is 0.0526. The van der Waals surface area contributed by atoms with Gasteiger partial charge in [-0.15, -0.1) is 0 Å². The molecule has 0 amide bonds. The van der Waals surface area contributed by atoms with E-state index in [4.69, 9.17) is 4.74 Å². The number of carbonyl (C=O) groups is 1. The molecule has 0 unspecified atom stereocenters. The number of carbonyl (C=O) groups excluding carboxylic acids is 1. The summed E-state index contributed by atoms with van der Waals surface area (Å²) in [4.78, 5) is 11.8. The van der Waals surface area contributed by atoms with Crippen LogP contribution in [-0.2, 0) is 4.74 Å². The molecule has 22 heavy (non-hydrogen) atoms. The average Bonchev–Trinajstić information content (AvgIpc) is 2.50. The second kappa shape index (κ2) is 8.66. The Morgan fingerprint density at radius 2 is 1.86 bits per heavy atom. The molecule has 1 saturated carbocycles. The van der Waals surface area contributed by atoms with Gasteiger partial charge in [0.2, 0.25) is 0 Å². The van der Waals surface area contributed by atoms with Crippen molar-refractivity contribution in [3.05, 3.63) is 23.8 Å². The maximum absolute atomic E-state index is 11.8. The molecule has 0 saturated heterocycles. The minimum Gasteiger partial charge on any atom is -0.462 e. The molecule has 0 bridgehead atoms. The third-order valence-corrected chi connectivity index (χ3v) is 4.26. The largest absolute Gasteiger partial charge is 0.462 e. The Bertz CT molecular complexity index is 486. The van der Waals surface area contributed by atoms with Crippen molar-refractivity contribution in [2.75, 3.05) is 24.3 Å². The van der Waals surface area contributed by atoms with E-state index in [9.17, 15) is 4.79 Å². The van der Waals surface area contributed by atoms with Crippen molar-refractivity contribution in [3.8, 4) is 0 Å². The Labute approximate surface area is 135 Å². The summed E-state index contributed by atoms with van der Waals surface area (Å²) in [6, 6.07) is 6.21. The van der Waals surface area contributed by atoms with Gasteiger partial charge in [0.15, 0.2) is 0 Å². The molecule has 0 aliphatic heterocycles. The predicted molar refractivity (Wildman–Crippen MR) is 93.8 cm³/mol. The highest BCUT2D eigenvalue weighted by Crippen LogP contribution is 2.27. The van der Waals surface area contributed by atoms with Crippen molar-refractivity contribution in [3.63, 3.8) is 0 Å². The SMILES string of the molecule is CCOC(=O)c1ccc(NC2CCCCCCC2)c(NC)c1.[HH]. The zero-order valence-corrected chi connectivity index (χ0v) is 13.8. The summed E-state index contributed by atoms with van der Waals surface area (Å²) in [5.74, 6) is -0.267. The first-order valence-corrected chi connectivity index (χ1v) is 8.50. The molecule has 124 valence electrons. The van der Waals surface area contributed by atoms with E-state index in [2.05, 4.69) is 10.6 Å². The summed E-state index contributed by atoms with van der Waals surface area (Å²) >= 11 is 0. The van der Waals surface area contributed by atoms with Crippen LogP contribution in [-0.4, -0.2) is 25.7 Å². The Hall–Kier alpha value is -1.71. The number of hydrogen-bond acceptors (Lipinski definition) is 4. The van der Waals surface area contributed by atoms with Crippen molar-refractivity contribution in [2.24, 2.45) is 0 Å². The zero-order chi connectivity index (χ0) is 15.8. The number of benzene rings is 1. The number of nitrogens with one attached hydrogen (secondary N) is 2. The molecule has 4 nitrogen and oxygen atoms in total. The van der Waals surface area contributed by atoms with E-state index in [-0.39, 0.29) is 7.40 Å². The summed E-state index contributed by atoms with van der Waals surface area (Å²) in [6.07, 6.45) is 9.12. The second-order valence-corrected chi connectivity index (χ2v) is 5.92. The molecular weight excluding hydrogens is 276 g/mol. The highest BCUT2D eigenvalue weighted by atomic mass is 16.5. The first-order valence-electron chi connectivity index (χ1n) is 8.50. The molecule has 1 fully saturated rings. The van der Waals surface area contributed by atoms with Crippen molar-refractivity contribution < 1.29 is 11.0 Å². The smallest absolute Gasteiger partial charge is 0.338 e. The van der Waals surface area contributed by atoms with Gasteiger partial charge in [-0.2, -0.15) is 0 Å². The second-order valence-electron chi connectivity index (χ2n) is 5.92. The lowest BCUT2D eigenvalue weighted by Gasteiger charge is -2.23. The highest BCUT2D eigenvalue weighted by Gasteiger charge is 2.14. The van der Waals surface area contributed by atoms with Gasteiger partial charge in [0.25, 0.3) is 0 Å². The monoisotopic (exact) mass is 306 g/mol. The first kappa shape index (κ1) is 16.7. The minimum atomic E-state index is -0.267. The number of esters is 1. The summed E-state index contributed by atoms with van der Waals surface area (Å²) in [5, 5.41) is 6.83. The van der Waals surface area contributed by atoms with Crippen LogP contribution in [0.15, 0.2) is 18.2 Å². The van der Waals surface area contributed by atoms with Gasteiger partial charge >= 0.3 is 5.97 Å². The van der Waals surface area contributed by atoms with Crippen molar-refractivity contribution in [2.45, 2.75) is 57.9 Å². The van der Waals surface area contributed by atoms with Gasteiger partial charge in [0, 0.05) is 14.5 Å². The molecule has 2 N–H and O–H groups in total. The van der Waals surface area contributed by atoms with Gasteiger partial charge in [-0.05, 0) is 38.0 Å². The maximum atomic E-state index is 11.8. The van der Waals surface area contributed by atoms with E-state index in [1.807, 2.05) is 32.2 Å². The Kier molecular flexibility index (Phi) is 6.56. The van der Waals surface area contributed by atoms with Gasteiger partial charge in [-0.1, -0.05) is 32.1 Å². The number of ether oxygens (including phenoxy) is 1. The van der Waals surface area contributed by atoms with E-state index >= 15 is 0 Å². The average molecular weight is 306 g/mol. The molecule has 1 aromatic carbocycles. The van der Waals surface area contributed by atoms with Gasteiger partial charge in [-0.25, -0.2) is 4.79 Å². The summed E-state index contributed by atoms with van der Waals surface area (Å²) in [6.45, 7) is 2.22. The molecule has 0 spiro atoms. The van der Waals surface area contributed by atoms with Crippen LogP contribution in [0.3, 0.4) is 0 Å². The summed E-state index contributed by atoms with van der Waals surface area (Å²) < 4.78 is 5.06. The van der Waals surface area contributed by atoms with E-state index in [1.165, 1.54) is 44.9 Å². The van der Waals surface area contributed by atoms with E-state index in [0.717, 1.165) is 11.4 Å². The lowest BCUT2D eigenvalue weighted by Crippen LogP contribution is -2.21. The standard InChI is InChI=1S/C18H28N2O2.H2/c1-3-22-18(21)14-11-12-16(17(13-14)19-2)20-15-9-7-5-4-6-8-10-15;/h11-13,15,19-20H,3-10H2,1-2H3;1H. The van der Waals surface area contributed by atoms with Gasteiger partial charge < -0.3 is 15.4 Å². The molecule has 0 radical (unpaired) electrons. The summed E-state index contributed by atoms with van der Waals surface area (Å²) in [5.41, 5.74) is 2.61. The van der Waals surface area contributed by atoms with Crippen LogP contribution in [0.1, 0.15) is 63.7 Å². The molecule has 4 heteroatoms. The molecule has 2 rings (SSSR count). The Morgan fingerprint density at radius 1 is 1.18 bits per heavy atom. The predicted octanol–water partition coefficient (Wildman–Crippen LogP) is 4.68. The third kappa shape index (κ3) is 4.65. The molecule has 0 heterocycles. The molecular formula is C18H30N2O2. The molecule has 1 aliphatic carbocycles. The number of rotatable bonds is 5. The van der Waals surface area contributed by atoms with Gasteiger partial charge in [0.05, 0.1) is 23.5 Å². The number of anilines is 2. The fourth-order valence-corrected chi connectivity index (χ4v) is 3.04. The van der Waals surface area contributed by atoms with E-state index in [1.54, 1.807) is 0 Å². The third-order valence-electron chi connectivity index (χ3n) is 4.26. The van der Waals surface area contributed by atoms with E-state index < -0.39 is 0 Å². The van der Waals surface area contributed by atoms with Crippen LogP contribution < -0.4 is 10.6 Å². The van der Waals surface area contributed by atoms with Crippen LogP contribution in [0, 0.1) is 0 Å². The van der Waals surface area contributed by atoms with Gasteiger partial charge in [0.1, 0.15) is 0 Å². The van der Waals surface area contributed by atoms with E-state index in [0.29, 0.717) is 18.2 Å². The molecule has 1 aliphatic rings. The van der Waals surface area contributed by atoms with Crippen molar-refractivity contribution in [1.82, 2.24) is 0 Å². The summed E-state index contributed by atoms with van der Waals surface area (Å²) in [7, 11) is 1.88. The van der Waals surface area contributed by atoms with Crippen molar-refractivity contribution >= 4 is 17.3 Å². The first-order chi connectivity index (χ1) is 10.7. The van der Waals surface area contributed by atoms with Crippen LogP contribution in [0.25, 0.3) is 0 Å². The fraction of sp³-hybridized carbons (Fsp3) is 0.611. The van der Waals surface area contributed by atoms with Crippen LogP contribution in [0.2, 0.25) is 0 Å². The van der Waals surface area contributed by atoms with Crippen molar-refractivity contribution in [1.29, 1.82) is 0 Å². The quantitative estimate of drug-likeness (QED) is 0.776. The van der Waals surface area contributed by atoms with Crippen LogP contribution in [0.5, 0.6) is 0 Å². The Balaban J connectivity index is 0.00000264. The normalized spacial score (nSPS) is 16.5. The highest BCUT2D eigenvalue weighted by molar-refractivity contribution is 5.92. The molecule has 1 aromatic rings. The number of hydrogen-bond donors (Lipinski definition) is 2. The Morgan fingerprint density at radius 3 is 2.50 bits per heavy atom.